The van der Waals surface area contributed by atoms with Crippen LogP contribution in [0.2, 0.25) is 0 Å². The average molecular weight is 252 g/mol. The predicted octanol–water partition coefficient (Wildman–Crippen LogP) is 4.59. The van der Waals surface area contributed by atoms with Gasteiger partial charge in [0.2, 0.25) is 0 Å². The lowest BCUT2D eigenvalue weighted by molar-refractivity contribution is 0.414. The molecule has 0 saturated heterocycles. The molecule has 1 atom stereocenters. The first-order chi connectivity index (χ1) is 9.28. The van der Waals surface area contributed by atoms with E-state index in [9.17, 15) is 0 Å². The van der Waals surface area contributed by atoms with Crippen molar-refractivity contribution in [1.29, 1.82) is 0 Å². The van der Waals surface area contributed by atoms with E-state index in [0.717, 1.165) is 22.5 Å². The van der Waals surface area contributed by atoms with Crippen molar-refractivity contribution in [3.63, 3.8) is 0 Å². The largest absolute Gasteiger partial charge is 0.497 e. The Morgan fingerprint density at radius 1 is 1.00 bits per heavy atom. The Hall–Kier alpha value is -2.22. The third-order valence-electron chi connectivity index (χ3n) is 3.49. The normalized spacial score (nSPS) is 12.5. The summed E-state index contributed by atoms with van der Waals surface area (Å²) in [5.74, 6) is 2.10. The first kappa shape index (κ1) is 11.8. The third-order valence-corrected chi connectivity index (χ3v) is 3.49. The molecule has 2 nitrogen and oxygen atoms in total. The summed E-state index contributed by atoms with van der Waals surface area (Å²) in [5.41, 5.74) is 2.16. The van der Waals surface area contributed by atoms with E-state index >= 15 is 0 Å². The fourth-order valence-corrected chi connectivity index (χ4v) is 2.27. The lowest BCUT2D eigenvalue weighted by Crippen LogP contribution is -1.94. The van der Waals surface area contributed by atoms with Gasteiger partial charge in [0.05, 0.1) is 7.11 Å². The van der Waals surface area contributed by atoms with Gasteiger partial charge in [-0.1, -0.05) is 37.3 Å². The van der Waals surface area contributed by atoms with Gasteiger partial charge >= 0.3 is 0 Å². The van der Waals surface area contributed by atoms with Crippen LogP contribution in [0.4, 0.5) is 0 Å². The zero-order chi connectivity index (χ0) is 13.2. The molecule has 2 heteroatoms. The second-order valence-corrected chi connectivity index (χ2v) is 4.68. The number of rotatable bonds is 3. The van der Waals surface area contributed by atoms with E-state index in [0.29, 0.717) is 0 Å². The third kappa shape index (κ3) is 2.22. The van der Waals surface area contributed by atoms with Gasteiger partial charge in [0.1, 0.15) is 17.1 Å². The summed E-state index contributed by atoms with van der Waals surface area (Å²) in [6, 6.07) is 18.3. The Bertz CT molecular complexity index is 647. The van der Waals surface area contributed by atoms with Gasteiger partial charge in [-0.3, -0.25) is 0 Å². The second-order valence-electron chi connectivity index (χ2n) is 4.68. The standard InChI is InChI=1S/C17H16O2/c1-12(13-7-9-15(18-2)10-8-13)17-11-14-5-3-4-6-16(14)19-17/h3-12H,1-2H3. The van der Waals surface area contributed by atoms with Gasteiger partial charge in [-0.2, -0.15) is 0 Å². The van der Waals surface area contributed by atoms with E-state index in [4.69, 9.17) is 9.15 Å². The molecular formula is C17H16O2. The van der Waals surface area contributed by atoms with Crippen LogP contribution in [0.15, 0.2) is 59.0 Å². The van der Waals surface area contributed by atoms with Gasteiger partial charge in [-0.25, -0.2) is 0 Å². The highest BCUT2D eigenvalue weighted by Crippen LogP contribution is 2.30. The van der Waals surface area contributed by atoms with Crippen molar-refractivity contribution in [1.82, 2.24) is 0 Å². The van der Waals surface area contributed by atoms with Crippen molar-refractivity contribution in [3.8, 4) is 5.75 Å². The van der Waals surface area contributed by atoms with Gasteiger partial charge in [-0.05, 0) is 29.8 Å². The number of fused-ring (bicyclic) bond motifs is 1. The van der Waals surface area contributed by atoms with Crippen LogP contribution in [0.5, 0.6) is 5.75 Å². The lowest BCUT2D eigenvalue weighted by atomic mass is 9.98. The van der Waals surface area contributed by atoms with Gasteiger partial charge in [0.25, 0.3) is 0 Å². The van der Waals surface area contributed by atoms with Gasteiger partial charge < -0.3 is 9.15 Å². The summed E-state index contributed by atoms with van der Waals surface area (Å²) in [5, 5.41) is 1.15. The molecule has 96 valence electrons. The lowest BCUT2D eigenvalue weighted by Gasteiger charge is -2.09. The first-order valence-electron chi connectivity index (χ1n) is 6.40. The minimum Gasteiger partial charge on any atom is -0.497 e. The molecule has 0 aliphatic heterocycles. The van der Waals surface area contributed by atoms with Crippen LogP contribution >= 0.6 is 0 Å². The quantitative estimate of drug-likeness (QED) is 0.680. The van der Waals surface area contributed by atoms with Gasteiger partial charge in [-0.15, -0.1) is 0 Å². The van der Waals surface area contributed by atoms with E-state index in [-0.39, 0.29) is 5.92 Å². The maximum Gasteiger partial charge on any atom is 0.134 e. The van der Waals surface area contributed by atoms with E-state index in [1.54, 1.807) is 7.11 Å². The number of methoxy groups -OCH3 is 1. The Balaban J connectivity index is 1.95. The van der Waals surface area contributed by atoms with Crippen molar-refractivity contribution in [2.75, 3.05) is 7.11 Å². The Kier molecular flexibility index (Phi) is 3.00. The minimum atomic E-state index is 0.235. The van der Waals surface area contributed by atoms with E-state index < -0.39 is 0 Å². The summed E-state index contributed by atoms with van der Waals surface area (Å²) in [7, 11) is 1.68. The molecule has 0 fully saturated rings. The van der Waals surface area contributed by atoms with E-state index in [1.807, 2.05) is 30.3 Å². The number of hydrogen-bond donors (Lipinski definition) is 0. The van der Waals surface area contributed by atoms with Crippen molar-refractivity contribution < 1.29 is 9.15 Å². The molecule has 0 N–H and O–H groups in total. The number of ether oxygens (including phenoxy) is 1. The van der Waals surface area contributed by atoms with Crippen molar-refractivity contribution >= 4 is 11.0 Å². The molecular weight excluding hydrogens is 236 g/mol. The van der Waals surface area contributed by atoms with E-state index in [1.165, 1.54) is 5.56 Å². The SMILES string of the molecule is COc1ccc(C(C)c2cc3ccccc3o2)cc1. The Labute approximate surface area is 112 Å². The minimum absolute atomic E-state index is 0.235. The van der Waals surface area contributed by atoms with Crippen LogP contribution < -0.4 is 4.74 Å². The van der Waals surface area contributed by atoms with Crippen LogP contribution in [0.3, 0.4) is 0 Å². The smallest absolute Gasteiger partial charge is 0.134 e. The van der Waals surface area contributed by atoms with E-state index in [2.05, 4.69) is 31.2 Å². The summed E-state index contributed by atoms with van der Waals surface area (Å²) in [4.78, 5) is 0. The highest BCUT2D eigenvalue weighted by molar-refractivity contribution is 5.77. The molecule has 0 radical (unpaired) electrons. The highest BCUT2D eigenvalue weighted by Gasteiger charge is 2.13. The van der Waals surface area contributed by atoms with Crippen molar-refractivity contribution in [3.05, 3.63) is 65.9 Å². The molecule has 0 bridgehead atoms. The fourth-order valence-electron chi connectivity index (χ4n) is 2.27. The summed E-state index contributed by atoms with van der Waals surface area (Å²) < 4.78 is 11.1. The zero-order valence-electron chi connectivity index (χ0n) is 11.1. The molecule has 0 aliphatic rings. The second kappa shape index (κ2) is 4.81. The molecule has 0 aliphatic carbocycles. The molecule has 3 aromatic rings. The molecule has 19 heavy (non-hydrogen) atoms. The molecule has 0 spiro atoms. The molecule has 1 heterocycles. The van der Waals surface area contributed by atoms with Gasteiger partial charge in [0, 0.05) is 11.3 Å². The monoisotopic (exact) mass is 252 g/mol. The molecule has 0 amide bonds. The first-order valence-corrected chi connectivity index (χ1v) is 6.40. The Morgan fingerprint density at radius 2 is 1.74 bits per heavy atom. The number of furan rings is 1. The summed E-state index contributed by atoms with van der Waals surface area (Å²) in [6.45, 7) is 2.15. The van der Waals surface area contributed by atoms with Crippen LogP contribution in [-0.2, 0) is 0 Å². The maximum absolute atomic E-state index is 5.91. The number of para-hydroxylation sites is 1. The topological polar surface area (TPSA) is 22.4 Å². The predicted molar refractivity (Wildman–Crippen MR) is 76.7 cm³/mol. The molecule has 1 unspecified atom stereocenters. The van der Waals surface area contributed by atoms with Crippen molar-refractivity contribution in [2.45, 2.75) is 12.8 Å². The molecule has 2 aromatic carbocycles. The van der Waals surface area contributed by atoms with Crippen LogP contribution in [-0.4, -0.2) is 7.11 Å². The maximum atomic E-state index is 5.91. The zero-order valence-corrected chi connectivity index (χ0v) is 11.1. The van der Waals surface area contributed by atoms with Crippen LogP contribution in [0, 0.1) is 0 Å². The van der Waals surface area contributed by atoms with Gasteiger partial charge in [0.15, 0.2) is 0 Å². The fraction of sp³-hybridized carbons (Fsp3) is 0.176. The van der Waals surface area contributed by atoms with Crippen LogP contribution in [0.1, 0.15) is 24.2 Å². The summed E-state index contributed by atoms with van der Waals surface area (Å²) in [6.07, 6.45) is 0. The average Bonchev–Trinajstić information content (AvgIpc) is 2.90. The molecule has 3 rings (SSSR count). The number of hydrogen-bond acceptors (Lipinski definition) is 2. The van der Waals surface area contributed by atoms with Crippen LogP contribution in [0.25, 0.3) is 11.0 Å². The molecule has 0 saturated carbocycles. The highest BCUT2D eigenvalue weighted by atomic mass is 16.5. The Morgan fingerprint density at radius 3 is 2.42 bits per heavy atom. The molecule has 1 aromatic heterocycles. The summed E-state index contributed by atoms with van der Waals surface area (Å²) >= 11 is 0. The number of benzene rings is 2. The van der Waals surface area contributed by atoms with Crippen molar-refractivity contribution in [2.24, 2.45) is 0 Å².